The molecule has 0 aromatic heterocycles. The van der Waals surface area contributed by atoms with Crippen molar-refractivity contribution >= 4 is 12.0 Å². The number of aliphatic carboxylic acids is 1. The third-order valence-corrected chi connectivity index (χ3v) is 4.09. The normalized spacial score (nSPS) is 13.3. The van der Waals surface area contributed by atoms with Gasteiger partial charge in [-0.1, -0.05) is 41.5 Å². The van der Waals surface area contributed by atoms with Gasteiger partial charge in [-0.3, -0.25) is 4.79 Å². The molecular weight excluding hydrogens is 268 g/mol. The molecule has 5 nitrogen and oxygen atoms in total. The number of urea groups is 1. The summed E-state index contributed by atoms with van der Waals surface area (Å²) in [5, 5.41) is 14.6. The molecule has 1 unspecified atom stereocenters. The second kappa shape index (κ2) is 8.90. The SMILES string of the molecule is CC(C)CC(CNC(=O)NCC(C)(C)C(C)C)CC(=O)O. The summed E-state index contributed by atoms with van der Waals surface area (Å²) in [6, 6.07) is -0.220. The van der Waals surface area contributed by atoms with Crippen molar-refractivity contribution in [3.05, 3.63) is 0 Å². The molecule has 1 atom stereocenters. The Morgan fingerprint density at radius 2 is 1.67 bits per heavy atom. The van der Waals surface area contributed by atoms with Crippen LogP contribution in [0.15, 0.2) is 0 Å². The van der Waals surface area contributed by atoms with Gasteiger partial charge in [-0.2, -0.15) is 0 Å². The van der Waals surface area contributed by atoms with Gasteiger partial charge in [0.1, 0.15) is 0 Å². The number of hydrogen-bond donors (Lipinski definition) is 3. The first-order valence-electron chi connectivity index (χ1n) is 7.78. The van der Waals surface area contributed by atoms with E-state index in [0.717, 1.165) is 6.42 Å². The molecule has 124 valence electrons. The molecule has 0 rings (SSSR count). The van der Waals surface area contributed by atoms with Crippen LogP contribution in [0, 0.1) is 23.2 Å². The Labute approximate surface area is 128 Å². The van der Waals surface area contributed by atoms with Gasteiger partial charge in [0, 0.05) is 19.5 Å². The fourth-order valence-electron chi connectivity index (χ4n) is 1.96. The minimum atomic E-state index is -0.816. The van der Waals surface area contributed by atoms with E-state index in [9.17, 15) is 9.59 Å². The van der Waals surface area contributed by atoms with Crippen molar-refractivity contribution in [2.45, 2.75) is 54.4 Å². The number of carbonyl (C=O) groups excluding carboxylic acids is 1. The van der Waals surface area contributed by atoms with Gasteiger partial charge in [-0.05, 0) is 29.6 Å². The zero-order valence-corrected chi connectivity index (χ0v) is 14.3. The molecule has 0 radical (unpaired) electrons. The number of rotatable bonds is 9. The van der Waals surface area contributed by atoms with Crippen molar-refractivity contribution in [1.29, 1.82) is 0 Å². The predicted molar refractivity (Wildman–Crippen MR) is 85.2 cm³/mol. The Morgan fingerprint density at radius 3 is 2.10 bits per heavy atom. The second-order valence-corrected chi connectivity index (χ2v) is 7.30. The number of hydrogen-bond acceptors (Lipinski definition) is 2. The van der Waals surface area contributed by atoms with Crippen LogP contribution in [0.5, 0.6) is 0 Å². The lowest BCUT2D eigenvalue weighted by atomic mass is 9.81. The van der Waals surface area contributed by atoms with Crippen molar-refractivity contribution < 1.29 is 14.7 Å². The third-order valence-electron chi connectivity index (χ3n) is 4.09. The highest BCUT2D eigenvalue weighted by Crippen LogP contribution is 2.24. The molecule has 0 aliphatic carbocycles. The Kier molecular flexibility index (Phi) is 8.37. The Balaban J connectivity index is 4.21. The zero-order valence-electron chi connectivity index (χ0n) is 14.3. The lowest BCUT2D eigenvalue weighted by molar-refractivity contribution is -0.138. The summed E-state index contributed by atoms with van der Waals surface area (Å²) in [5.74, 6) is 0.0488. The summed E-state index contributed by atoms with van der Waals surface area (Å²) < 4.78 is 0. The summed E-state index contributed by atoms with van der Waals surface area (Å²) in [7, 11) is 0. The first kappa shape index (κ1) is 19.7. The van der Waals surface area contributed by atoms with Crippen molar-refractivity contribution in [3.63, 3.8) is 0 Å². The highest BCUT2D eigenvalue weighted by atomic mass is 16.4. The monoisotopic (exact) mass is 300 g/mol. The molecular formula is C16H32N2O3. The molecule has 0 saturated heterocycles. The summed E-state index contributed by atoms with van der Waals surface area (Å²) in [4.78, 5) is 22.7. The molecule has 0 aromatic carbocycles. The van der Waals surface area contributed by atoms with Crippen LogP contribution in [0.3, 0.4) is 0 Å². The van der Waals surface area contributed by atoms with E-state index in [1.807, 2.05) is 0 Å². The van der Waals surface area contributed by atoms with E-state index in [4.69, 9.17) is 5.11 Å². The first-order chi connectivity index (χ1) is 9.54. The van der Waals surface area contributed by atoms with E-state index in [1.165, 1.54) is 0 Å². The molecule has 0 fully saturated rings. The number of nitrogens with one attached hydrogen (secondary N) is 2. The molecule has 21 heavy (non-hydrogen) atoms. The van der Waals surface area contributed by atoms with E-state index < -0.39 is 5.97 Å². The van der Waals surface area contributed by atoms with E-state index in [1.54, 1.807) is 0 Å². The summed E-state index contributed by atoms with van der Waals surface area (Å²) in [5.41, 5.74) is 0.0374. The zero-order chi connectivity index (χ0) is 16.6. The van der Waals surface area contributed by atoms with Crippen LogP contribution < -0.4 is 10.6 Å². The Morgan fingerprint density at radius 1 is 1.10 bits per heavy atom. The molecule has 0 aliphatic heterocycles. The maximum Gasteiger partial charge on any atom is 0.314 e. The van der Waals surface area contributed by atoms with E-state index in [2.05, 4.69) is 52.2 Å². The average Bonchev–Trinajstić information content (AvgIpc) is 2.32. The smallest absolute Gasteiger partial charge is 0.314 e. The third kappa shape index (κ3) is 9.32. The van der Waals surface area contributed by atoms with Gasteiger partial charge in [0.15, 0.2) is 0 Å². The molecule has 0 heterocycles. The fourth-order valence-corrected chi connectivity index (χ4v) is 1.96. The lowest BCUT2D eigenvalue weighted by Crippen LogP contribution is -2.44. The molecule has 0 spiro atoms. The molecule has 0 aromatic rings. The number of carboxylic acids is 1. The largest absolute Gasteiger partial charge is 0.481 e. The molecule has 5 heteroatoms. The molecule has 3 N–H and O–H groups in total. The molecule has 0 saturated carbocycles. The first-order valence-corrected chi connectivity index (χ1v) is 7.78. The van der Waals surface area contributed by atoms with Gasteiger partial charge >= 0.3 is 12.0 Å². The number of carboxylic acid groups (broad SMARTS) is 1. The summed E-state index contributed by atoms with van der Waals surface area (Å²) >= 11 is 0. The Bertz CT molecular complexity index is 338. The quantitative estimate of drug-likeness (QED) is 0.612. The van der Waals surface area contributed by atoms with Crippen molar-refractivity contribution in [3.8, 4) is 0 Å². The number of carbonyl (C=O) groups is 2. The second-order valence-electron chi connectivity index (χ2n) is 7.30. The van der Waals surface area contributed by atoms with Crippen LogP contribution in [-0.4, -0.2) is 30.2 Å². The van der Waals surface area contributed by atoms with Gasteiger partial charge in [0.25, 0.3) is 0 Å². The Hall–Kier alpha value is -1.26. The van der Waals surface area contributed by atoms with E-state index in [-0.39, 0.29) is 23.8 Å². The highest BCUT2D eigenvalue weighted by molar-refractivity contribution is 5.74. The van der Waals surface area contributed by atoms with Gasteiger partial charge < -0.3 is 15.7 Å². The average molecular weight is 300 g/mol. The standard InChI is InChI=1S/C16H32N2O3/c1-11(2)7-13(8-14(19)20)9-17-15(21)18-10-16(5,6)12(3)4/h11-13H,7-10H2,1-6H3,(H,19,20)(H2,17,18,21). The summed E-state index contributed by atoms with van der Waals surface area (Å²) in [6.07, 6.45) is 0.889. The van der Waals surface area contributed by atoms with E-state index >= 15 is 0 Å². The minimum absolute atomic E-state index is 0.0219. The highest BCUT2D eigenvalue weighted by Gasteiger charge is 2.23. The maximum absolute atomic E-state index is 11.8. The molecule has 0 aliphatic rings. The predicted octanol–water partition coefficient (Wildman–Crippen LogP) is 3.10. The molecule has 2 amide bonds. The van der Waals surface area contributed by atoms with Gasteiger partial charge in [0.2, 0.25) is 0 Å². The fraction of sp³-hybridized carbons (Fsp3) is 0.875. The van der Waals surface area contributed by atoms with Crippen LogP contribution in [0.2, 0.25) is 0 Å². The van der Waals surface area contributed by atoms with Crippen molar-refractivity contribution in [2.24, 2.45) is 23.2 Å². The van der Waals surface area contributed by atoms with Crippen LogP contribution in [0.1, 0.15) is 54.4 Å². The minimum Gasteiger partial charge on any atom is -0.481 e. The van der Waals surface area contributed by atoms with Crippen LogP contribution in [-0.2, 0) is 4.79 Å². The van der Waals surface area contributed by atoms with Crippen LogP contribution >= 0.6 is 0 Å². The van der Waals surface area contributed by atoms with E-state index in [0.29, 0.717) is 24.9 Å². The van der Waals surface area contributed by atoms with Crippen molar-refractivity contribution in [2.75, 3.05) is 13.1 Å². The van der Waals surface area contributed by atoms with Gasteiger partial charge in [-0.15, -0.1) is 0 Å². The number of amides is 2. The summed E-state index contributed by atoms with van der Waals surface area (Å²) in [6.45, 7) is 13.6. The van der Waals surface area contributed by atoms with Gasteiger partial charge in [-0.25, -0.2) is 4.79 Å². The maximum atomic E-state index is 11.8. The lowest BCUT2D eigenvalue weighted by Gasteiger charge is -2.29. The van der Waals surface area contributed by atoms with Crippen LogP contribution in [0.25, 0.3) is 0 Å². The van der Waals surface area contributed by atoms with Gasteiger partial charge in [0.05, 0.1) is 0 Å². The topological polar surface area (TPSA) is 78.4 Å². The molecule has 0 bridgehead atoms. The van der Waals surface area contributed by atoms with Crippen LogP contribution in [0.4, 0.5) is 4.79 Å². The van der Waals surface area contributed by atoms with Crippen molar-refractivity contribution in [1.82, 2.24) is 10.6 Å².